The summed E-state index contributed by atoms with van der Waals surface area (Å²) in [6, 6.07) is 12.4. The van der Waals surface area contributed by atoms with Crippen molar-refractivity contribution in [3.63, 3.8) is 0 Å². The normalized spacial score (nSPS) is 11.5. The Morgan fingerprint density at radius 1 is 1.17 bits per heavy atom. The van der Waals surface area contributed by atoms with E-state index in [0.717, 1.165) is 28.3 Å². The van der Waals surface area contributed by atoms with Crippen molar-refractivity contribution in [2.45, 2.75) is 24.5 Å². The topological polar surface area (TPSA) is 51.2 Å². The second-order valence-corrected chi connectivity index (χ2v) is 7.21. The van der Waals surface area contributed by atoms with Crippen molar-refractivity contribution in [3.8, 4) is 5.75 Å². The van der Waals surface area contributed by atoms with E-state index in [4.69, 9.17) is 4.74 Å². The molecule has 1 heterocycles. The van der Waals surface area contributed by atoms with Gasteiger partial charge in [-0.3, -0.25) is 4.79 Å². The number of nitrogens with one attached hydrogen (secondary N) is 1. The number of hydrogen-bond acceptors (Lipinski definition) is 4. The fourth-order valence-corrected chi connectivity index (χ4v) is 3.74. The number of aryl methyl sites for hydroxylation is 1. The third kappa shape index (κ3) is 5.00. The Hall–Kier alpha value is -2.74. The van der Waals surface area contributed by atoms with Crippen molar-refractivity contribution in [2.75, 3.05) is 18.2 Å². The van der Waals surface area contributed by atoms with E-state index in [9.17, 15) is 18.0 Å². The maximum absolute atomic E-state index is 13.1. The minimum atomic E-state index is -4.53. The SMILES string of the molecule is CCc1cc2cc(OC)ccc2nc1SCC(=O)Nc1ccccc1C(F)(F)F. The summed E-state index contributed by atoms with van der Waals surface area (Å²) in [7, 11) is 1.59. The number of rotatable bonds is 6. The molecular formula is C21H19F3N2O2S. The lowest BCUT2D eigenvalue weighted by atomic mass is 10.1. The van der Waals surface area contributed by atoms with Crippen molar-refractivity contribution >= 4 is 34.3 Å². The minimum absolute atomic E-state index is 0.0478. The Bertz CT molecular complexity index is 1040. The molecule has 0 saturated heterocycles. The number of hydrogen-bond donors (Lipinski definition) is 1. The highest BCUT2D eigenvalue weighted by molar-refractivity contribution is 8.00. The maximum atomic E-state index is 13.1. The molecular weight excluding hydrogens is 401 g/mol. The van der Waals surface area contributed by atoms with Crippen molar-refractivity contribution < 1.29 is 22.7 Å². The lowest BCUT2D eigenvalue weighted by Gasteiger charge is -2.14. The molecule has 1 amide bonds. The van der Waals surface area contributed by atoms with Gasteiger partial charge in [-0.25, -0.2) is 4.98 Å². The summed E-state index contributed by atoms with van der Waals surface area (Å²) in [6.45, 7) is 1.98. The Morgan fingerprint density at radius 3 is 2.62 bits per heavy atom. The van der Waals surface area contributed by atoms with E-state index >= 15 is 0 Å². The zero-order valence-electron chi connectivity index (χ0n) is 15.8. The number of amides is 1. The van der Waals surface area contributed by atoms with Gasteiger partial charge in [0.15, 0.2) is 0 Å². The lowest BCUT2D eigenvalue weighted by Crippen LogP contribution is -2.18. The van der Waals surface area contributed by atoms with Crippen molar-refractivity contribution in [2.24, 2.45) is 0 Å². The Balaban J connectivity index is 1.76. The summed E-state index contributed by atoms with van der Waals surface area (Å²) < 4.78 is 44.5. The van der Waals surface area contributed by atoms with Crippen LogP contribution < -0.4 is 10.1 Å². The standard InChI is InChI=1S/C21H19F3N2O2S/c1-3-13-10-14-11-15(28-2)8-9-17(14)26-20(13)29-12-19(27)25-18-7-5-4-6-16(18)21(22,23)24/h4-11H,3,12H2,1-2H3,(H,25,27). The van der Waals surface area contributed by atoms with E-state index in [-0.39, 0.29) is 11.4 Å². The average Bonchev–Trinajstić information content (AvgIpc) is 2.70. The van der Waals surface area contributed by atoms with Crippen molar-refractivity contribution in [3.05, 3.63) is 59.7 Å². The van der Waals surface area contributed by atoms with Crippen LogP contribution in [0.25, 0.3) is 10.9 Å². The van der Waals surface area contributed by atoms with Gasteiger partial charge >= 0.3 is 6.18 Å². The Kier molecular flexibility index (Phi) is 6.32. The van der Waals surface area contributed by atoms with Crippen LogP contribution in [0.15, 0.2) is 53.6 Å². The van der Waals surface area contributed by atoms with Crippen LogP contribution in [0, 0.1) is 0 Å². The summed E-state index contributed by atoms with van der Waals surface area (Å²) >= 11 is 1.20. The first-order chi connectivity index (χ1) is 13.8. The molecule has 8 heteroatoms. The van der Waals surface area contributed by atoms with E-state index < -0.39 is 17.6 Å². The molecule has 1 N–H and O–H groups in total. The molecule has 0 aliphatic heterocycles. The monoisotopic (exact) mass is 420 g/mol. The molecule has 0 aliphatic carbocycles. The summed E-state index contributed by atoms with van der Waals surface area (Å²) in [5, 5.41) is 3.96. The number of ether oxygens (including phenoxy) is 1. The van der Waals surface area contributed by atoms with Crippen LogP contribution in [0.5, 0.6) is 5.75 Å². The van der Waals surface area contributed by atoms with Crippen LogP contribution in [-0.2, 0) is 17.4 Å². The van der Waals surface area contributed by atoms with E-state index in [2.05, 4.69) is 10.3 Å². The number of anilines is 1. The smallest absolute Gasteiger partial charge is 0.418 e. The van der Waals surface area contributed by atoms with E-state index in [1.165, 1.54) is 30.0 Å². The first-order valence-electron chi connectivity index (χ1n) is 8.88. The van der Waals surface area contributed by atoms with E-state index in [1.54, 1.807) is 13.2 Å². The van der Waals surface area contributed by atoms with Gasteiger partial charge in [-0.2, -0.15) is 13.2 Å². The minimum Gasteiger partial charge on any atom is -0.497 e. The number of aromatic nitrogens is 1. The molecule has 0 aliphatic rings. The molecule has 29 heavy (non-hydrogen) atoms. The van der Waals surface area contributed by atoms with Gasteiger partial charge in [-0.05, 0) is 48.4 Å². The van der Waals surface area contributed by atoms with E-state index in [1.807, 2.05) is 25.1 Å². The van der Waals surface area contributed by atoms with Gasteiger partial charge in [0.2, 0.25) is 5.91 Å². The quantitative estimate of drug-likeness (QED) is 0.531. The summed E-state index contributed by atoms with van der Waals surface area (Å²) in [6.07, 6.45) is -3.83. The first-order valence-corrected chi connectivity index (χ1v) is 9.87. The average molecular weight is 420 g/mol. The first kappa shape index (κ1) is 21.0. The molecule has 4 nitrogen and oxygen atoms in total. The second kappa shape index (κ2) is 8.73. The van der Waals surface area contributed by atoms with Gasteiger partial charge in [0.1, 0.15) is 10.8 Å². The van der Waals surface area contributed by atoms with Crippen LogP contribution in [0.2, 0.25) is 0 Å². The van der Waals surface area contributed by atoms with Gasteiger partial charge in [-0.1, -0.05) is 30.8 Å². The predicted molar refractivity (Wildman–Crippen MR) is 108 cm³/mol. The van der Waals surface area contributed by atoms with Crippen LogP contribution in [-0.4, -0.2) is 23.8 Å². The zero-order chi connectivity index (χ0) is 21.0. The van der Waals surface area contributed by atoms with Crippen LogP contribution in [0.1, 0.15) is 18.1 Å². The van der Waals surface area contributed by atoms with Gasteiger partial charge in [0.05, 0.1) is 29.6 Å². The highest BCUT2D eigenvalue weighted by Gasteiger charge is 2.33. The van der Waals surface area contributed by atoms with Crippen LogP contribution in [0.3, 0.4) is 0 Å². The third-order valence-corrected chi connectivity index (χ3v) is 5.32. The summed E-state index contributed by atoms with van der Waals surface area (Å²) in [5.74, 6) is 0.156. The molecule has 0 saturated carbocycles. The number of thioether (sulfide) groups is 1. The number of pyridine rings is 1. The number of fused-ring (bicyclic) bond motifs is 1. The molecule has 0 radical (unpaired) electrons. The molecule has 0 bridgehead atoms. The summed E-state index contributed by atoms with van der Waals surface area (Å²) in [4.78, 5) is 16.9. The molecule has 2 aromatic carbocycles. The number of methoxy groups -OCH3 is 1. The predicted octanol–water partition coefficient (Wildman–Crippen LogP) is 5.56. The molecule has 0 unspecified atom stereocenters. The third-order valence-electron chi connectivity index (χ3n) is 4.29. The van der Waals surface area contributed by atoms with Gasteiger partial charge in [-0.15, -0.1) is 0 Å². The number of alkyl halides is 3. The van der Waals surface area contributed by atoms with Crippen LogP contribution in [0.4, 0.5) is 18.9 Å². The van der Waals surface area contributed by atoms with Crippen molar-refractivity contribution in [1.82, 2.24) is 4.98 Å². The maximum Gasteiger partial charge on any atom is 0.418 e. The van der Waals surface area contributed by atoms with Crippen LogP contribution >= 0.6 is 11.8 Å². The molecule has 3 aromatic rings. The Labute approximate surface area is 170 Å². The fourth-order valence-electron chi connectivity index (χ4n) is 2.85. The lowest BCUT2D eigenvalue weighted by molar-refractivity contribution is -0.137. The molecule has 0 atom stereocenters. The number of carbonyl (C=O) groups is 1. The van der Waals surface area contributed by atoms with Gasteiger partial charge in [0, 0.05) is 5.39 Å². The Morgan fingerprint density at radius 2 is 1.93 bits per heavy atom. The fraction of sp³-hybridized carbons (Fsp3) is 0.238. The number of carbonyl (C=O) groups excluding carboxylic acids is 1. The van der Waals surface area contributed by atoms with Crippen molar-refractivity contribution in [1.29, 1.82) is 0 Å². The van der Waals surface area contributed by atoms with E-state index in [0.29, 0.717) is 11.4 Å². The largest absolute Gasteiger partial charge is 0.497 e. The number of benzene rings is 2. The molecule has 0 fully saturated rings. The molecule has 0 spiro atoms. The highest BCUT2D eigenvalue weighted by atomic mass is 32.2. The van der Waals surface area contributed by atoms with Gasteiger partial charge in [0.25, 0.3) is 0 Å². The second-order valence-electron chi connectivity index (χ2n) is 6.25. The summed E-state index contributed by atoms with van der Waals surface area (Å²) in [5.41, 5.74) is 0.595. The number of nitrogens with zero attached hydrogens (tertiary/aromatic N) is 1. The zero-order valence-corrected chi connectivity index (χ0v) is 16.7. The number of para-hydroxylation sites is 1. The molecule has 3 rings (SSSR count). The highest BCUT2D eigenvalue weighted by Crippen LogP contribution is 2.35. The van der Waals surface area contributed by atoms with Gasteiger partial charge < -0.3 is 10.1 Å². The molecule has 152 valence electrons. The number of halogens is 3. The molecule has 1 aromatic heterocycles.